The maximum absolute atomic E-state index is 13.1. The number of aromatic nitrogens is 4. The second-order valence-electron chi connectivity index (χ2n) is 4.58. The maximum Gasteiger partial charge on any atom is 0.204 e. The number of ketones is 1. The molecule has 2 aromatic carbocycles. The predicted octanol–water partition coefficient (Wildman–Crippen LogP) is 2.50. The first-order valence-corrected chi connectivity index (χ1v) is 6.44. The van der Waals surface area contributed by atoms with Gasteiger partial charge in [0.1, 0.15) is 18.2 Å². The van der Waals surface area contributed by atoms with E-state index in [0.29, 0.717) is 5.56 Å². The van der Waals surface area contributed by atoms with Gasteiger partial charge in [0.2, 0.25) is 5.82 Å². The van der Waals surface area contributed by atoms with Crippen molar-refractivity contribution in [3.63, 3.8) is 0 Å². The van der Waals surface area contributed by atoms with Crippen LogP contribution in [0.4, 0.5) is 8.78 Å². The molecule has 0 aliphatic carbocycles. The molecule has 1 aromatic heterocycles. The van der Waals surface area contributed by atoms with Crippen LogP contribution >= 0.6 is 0 Å². The fourth-order valence-electron chi connectivity index (χ4n) is 1.91. The van der Waals surface area contributed by atoms with Gasteiger partial charge < -0.3 is 0 Å². The molecule has 0 bridgehead atoms. The zero-order valence-corrected chi connectivity index (χ0v) is 11.3. The maximum atomic E-state index is 13.1. The molecule has 1 heterocycles. The number of halogens is 2. The second kappa shape index (κ2) is 5.80. The molecule has 3 rings (SSSR count). The topological polar surface area (TPSA) is 60.7 Å². The SMILES string of the molecule is O=C(Cn1nnc(-c2ccc(F)cc2)n1)c1cccc(F)c1. The van der Waals surface area contributed by atoms with E-state index >= 15 is 0 Å². The minimum Gasteiger partial charge on any atom is -0.292 e. The van der Waals surface area contributed by atoms with Gasteiger partial charge in [-0.1, -0.05) is 12.1 Å². The standard InChI is InChI=1S/C15H10F2N4O/c16-12-6-4-10(5-7-12)15-18-20-21(19-15)9-14(22)11-2-1-3-13(17)8-11/h1-8H,9H2. The summed E-state index contributed by atoms with van der Waals surface area (Å²) in [6, 6.07) is 11.0. The van der Waals surface area contributed by atoms with E-state index in [1.807, 2.05) is 0 Å². The Kier molecular flexibility index (Phi) is 3.69. The number of rotatable bonds is 4. The average molecular weight is 300 g/mol. The minimum absolute atomic E-state index is 0.155. The molecule has 3 aromatic rings. The van der Waals surface area contributed by atoms with Crippen molar-refractivity contribution in [2.24, 2.45) is 0 Å². The molecule has 0 amide bonds. The lowest BCUT2D eigenvalue weighted by Crippen LogP contribution is -2.13. The van der Waals surface area contributed by atoms with Crippen LogP contribution in [0.3, 0.4) is 0 Å². The molecular weight excluding hydrogens is 290 g/mol. The summed E-state index contributed by atoms with van der Waals surface area (Å²) >= 11 is 0. The Morgan fingerprint density at radius 2 is 1.82 bits per heavy atom. The molecule has 0 N–H and O–H groups in total. The molecule has 0 unspecified atom stereocenters. The molecule has 0 atom stereocenters. The van der Waals surface area contributed by atoms with Gasteiger partial charge in [0.05, 0.1) is 0 Å². The summed E-state index contributed by atoms with van der Waals surface area (Å²) in [5.41, 5.74) is 0.825. The van der Waals surface area contributed by atoms with Crippen molar-refractivity contribution >= 4 is 5.78 Å². The van der Waals surface area contributed by atoms with Gasteiger partial charge in [-0.25, -0.2) is 8.78 Å². The van der Waals surface area contributed by atoms with Crippen LogP contribution in [-0.2, 0) is 6.54 Å². The summed E-state index contributed by atoms with van der Waals surface area (Å²) in [6.45, 7) is -0.155. The van der Waals surface area contributed by atoms with Crippen molar-refractivity contribution in [2.45, 2.75) is 6.54 Å². The fraction of sp³-hybridized carbons (Fsp3) is 0.0667. The van der Waals surface area contributed by atoms with E-state index in [9.17, 15) is 13.6 Å². The zero-order chi connectivity index (χ0) is 15.5. The number of Topliss-reactive ketones (excluding diaryl/α,β-unsaturated/α-hetero) is 1. The first-order chi connectivity index (χ1) is 10.6. The van der Waals surface area contributed by atoms with Crippen LogP contribution in [0.25, 0.3) is 11.4 Å². The van der Waals surface area contributed by atoms with Gasteiger partial charge in [0.25, 0.3) is 0 Å². The van der Waals surface area contributed by atoms with Gasteiger partial charge >= 0.3 is 0 Å². The van der Waals surface area contributed by atoms with Gasteiger partial charge in [0.15, 0.2) is 5.78 Å². The monoisotopic (exact) mass is 300 g/mol. The molecule has 7 heteroatoms. The molecule has 0 aliphatic rings. The molecule has 22 heavy (non-hydrogen) atoms. The van der Waals surface area contributed by atoms with Crippen LogP contribution in [0, 0.1) is 11.6 Å². The molecule has 0 spiro atoms. The highest BCUT2D eigenvalue weighted by Gasteiger charge is 2.11. The third-order valence-corrected chi connectivity index (χ3v) is 2.99. The molecule has 0 fully saturated rings. The van der Waals surface area contributed by atoms with Gasteiger partial charge in [-0.15, -0.1) is 10.2 Å². The smallest absolute Gasteiger partial charge is 0.204 e. The molecule has 5 nitrogen and oxygen atoms in total. The van der Waals surface area contributed by atoms with E-state index in [2.05, 4.69) is 15.4 Å². The molecular formula is C15H10F2N4O. The third kappa shape index (κ3) is 3.03. The Bertz CT molecular complexity index is 814. The summed E-state index contributed by atoms with van der Waals surface area (Å²) in [5, 5.41) is 11.6. The van der Waals surface area contributed by atoms with Crippen LogP contribution < -0.4 is 0 Å². The molecule has 0 saturated carbocycles. The van der Waals surface area contributed by atoms with Gasteiger partial charge in [-0.05, 0) is 41.6 Å². The summed E-state index contributed by atoms with van der Waals surface area (Å²) in [7, 11) is 0. The normalized spacial score (nSPS) is 10.6. The Hall–Kier alpha value is -2.96. The van der Waals surface area contributed by atoms with Gasteiger partial charge in [0, 0.05) is 11.1 Å². The van der Waals surface area contributed by atoms with Crippen LogP contribution in [0.15, 0.2) is 48.5 Å². The van der Waals surface area contributed by atoms with Crippen molar-refractivity contribution in [3.8, 4) is 11.4 Å². The lowest BCUT2D eigenvalue weighted by atomic mass is 10.1. The minimum atomic E-state index is -0.482. The van der Waals surface area contributed by atoms with Crippen LogP contribution in [0.5, 0.6) is 0 Å². The summed E-state index contributed by atoms with van der Waals surface area (Å²) in [6.07, 6.45) is 0. The van der Waals surface area contributed by atoms with E-state index in [4.69, 9.17) is 0 Å². The Morgan fingerprint density at radius 3 is 2.55 bits per heavy atom. The number of hydrogen-bond acceptors (Lipinski definition) is 4. The van der Waals surface area contributed by atoms with Crippen LogP contribution in [0.2, 0.25) is 0 Å². The number of benzene rings is 2. The highest BCUT2D eigenvalue weighted by atomic mass is 19.1. The van der Waals surface area contributed by atoms with Crippen molar-refractivity contribution in [2.75, 3.05) is 0 Å². The number of carbonyl (C=O) groups excluding carboxylic acids is 1. The second-order valence-corrected chi connectivity index (χ2v) is 4.58. The number of hydrogen-bond donors (Lipinski definition) is 0. The lowest BCUT2D eigenvalue weighted by molar-refractivity contribution is 0.0961. The van der Waals surface area contributed by atoms with Gasteiger partial charge in [-0.2, -0.15) is 4.80 Å². The first-order valence-electron chi connectivity index (χ1n) is 6.44. The van der Waals surface area contributed by atoms with Crippen molar-refractivity contribution < 1.29 is 13.6 Å². The third-order valence-electron chi connectivity index (χ3n) is 2.99. The Labute approximate surface area is 124 Å². The van der Waals surface area contributed by atoms with E-state index in [0.717, 1.165) is 10.9 Å². The van der Waals surface area contributed by atoms with E-state index < -0.39 is 5.82 Å². The van der Waals surface area contributed by atoms with Crippen LogP contribution in [0.1, 0.15) is 10.4 Å². The average Bonchev–Trinajstić information content (AvgIpc) is 2.96. The number of carbonyl (C=O) groups is 1. The first kappa shape index (κ1) is 14.0. The largest absolute Gasteiger partial charge is 0.292 e. The van der Waals surface area contributed by atoms with Crippen molar-refractivity contribution in [1.29, 1.82) is 0 Å². The highest BCUT2D eigenvalue weighted by molar-refractivity contribution is 5.95. The van der Waals surface area contributed by atoms with E-state index in [-0.39, 0.29) is 29.5 Å². The lowest BCUT2D eigenvalue weighted by Gasteiger charge is -1.99. The summed E-state index contributed by atoms with van der Waals surface area (Å²) in [5.74, 6) is -0.892. The van der Waals surface area contributed by atoms with Crippen molar-refractivity contribution in [1.82, 2.24) is 20.2 Å². The molecule has 110 valence electrons. The number of tetrazole rings is 1. The quantitative estimate of drug-likeness (QED) is 0.695. The molecule has 0 aliphatic heterocycles. The number of nitrogens with zero attached hydrogens (tertiary/aromatic N) is 4. The Balaban J connectivity index is 1.77. The zero-order valence-electron chi connectivity index (χ0n) is 11.3. The van der Waals surface area contributed by atoms with E-state index in [1.54, 1.807) is 0 Å². The Morgan fingerprint density at radius 1 is 1.05 bits per heavy atom. The van der Waals surface area contributed by atoms with Crippen molar-refractivity contribution in [3.05, 3.63) is 65.7 Å². The fourth-order valence-corrected chi connectivity index (χ4v) is 1.91. The molecule has 0 saturated heterocycles. The predicted molar refractivity (Wildman–Crippen MR) is 73.9 cm³/mol. The summed E-state index contributed by atoms with van der Waals surface area (Å²) in [4.78, 5) is 13.1. The van der Waals surface area contributed by atoms with Crippen LogP contribution in [-0.4, -0.2) is 26.0 Å². The highest BCUT2D eigenvalue weighted by Crippen LogP contribution is 2.14. The van der Waals surface area contributed by atoms with E-state index in [1.165, 1.54) is 42.5 Å². The summed E-state index contributed by atoms with van der Waals surface area (Å²) < 4.78 is 26.0. The molecule has 0 radical (unpaired) electrons. The van der Waals surface area contributed by atoms with Gasteiger partial charge in [-0.3, -0.25) is 4.79 Å².